The molecule has 34 heavy (non-hydrogen) atoms. The minimum atomic E-state index is -0.973. The zero-order valence-electron chi connectivity index (χ0n) is 19.6. The van der Waals surface area contributed by atoms with Gasteiger partial charge in [0.2, 0.25) is 5.91 Å². The maximum Gasteiger partial charge on any atom is 0.305 e. The molecule has 2 N–H and O–H groups in total. The van der Waals surface area contributed by atoms with Gasteiger partial charge in [0.1, 0.15) is 11.5 Å². The van der Waals surface area contributed by atoms with E-state index in [0.717, 1.165) is 29.7 Å². The number of rotatable bonds is 6. The molecule has 3 aliphatic rings. The van der Waals surface area contributed by atoms with E-state index in [-0.39, 0.29) is 30.5 Å². The fourth-order valence-corrected chi connectivity index (χ4v) is 5.28. The summed E-state index contributed by atoms with van der Waals surface area (Å²) in [5.74, 6) is -0.549. The van der Waals surface area contributed by atoms with Crippen molar-refractivity contribution in [1.29, 1.82) is 5.41 Å². The number of amides is 1. The van der Waals surface area contributed by atoms with Crippen LogP contribution in [0.15, 0.2) is 30.3 Å². The Kier molecular flexibility index (Phi) is 5.07. The largest absolute Gasteiger partial charge is 0.481 e. The third-order valence-corrected chi connectivity index (χ3v) is 7.36. The Morgan fingerprint density at radius 1 is 1.18 bits per heavy atom. The monoisotopic (exact) mass is 460 g/mol. The second kappa shape index (κ2) is 7.75. The Morgan fingerprint density at radius 3 is 2.56 bits per heavy atom. The number of aliphatic carboxylic acids is 1. The van der Waals surface area contributed by atoms with E-state index in [4.69, 9.17) is 5.41 Å². The Labute approximate surface area is 198 Å². The summed E-state index contributed by atoms with van der Waals surface area (Å²) in [7, 11) is 0. The molecule has 5 rings (SSSR count). The first-order chi connectivity index (χ1) is 16.1. The van der Waals surface area contributed by atoms with Gasteiger partial charge in [-0.25, -0.2) is 4.98 Å². The summed E-state index contributed by atoms with van der Waals surface area (Å²) in [6.07, 6.45) is 2.11. The molecule has 1 fully saturated rings. The van der Waals surface area contributed by atoms with Crippen molar-refractivity contribution in [2.45, 2.75) is 64.0 Å². The predicted octanol–water partition coefficient (Wildman–Crippen LogP) is 3.47. The van der Waals surface area contributed by atoms with Gasteiger partial charge in [0.05, 0.1) is 19.0 Å². The van der Waals surface area contributed by atoms with Crippen molar-refractivity contribution in [2.75, 3.05) is 11.4 Å². The average molecular weight is 461 g/mol. The maximum absolute atomic E-state index is 13.2. The Hall–Kier alpha value is -3.55. The number of benzene rings is 1. The molecule has 0 radical (unpaired) electrons. The standard InChI is InChI=1S/C26H28N4O4/c1-14(31)30-20-9-7-16(10-18(20)26(2,3)22(30)11-23(33)34)21(32)13-29-12-17-6-8-19(15-4-5-15)28-24(17)25(29)27/h6-10,15,22,27H,4-5,11-13H2,1-3H3,(H,33,34). The molecule has 2 aliphatic heterocycles. The average Bonchev–Trinajstić information content (AvgIpc) is 3.54. The van der Waals surface area contributed by atoms with E-state index in [9.17, 15) is 19.5 Å². The number of carboxylic acids is 1. The minimum Gasteiger partial charge on any atom is -0.481 e. The van der Waals surface area contributed by atoms with E-state index in [1.54, 1.807) is 23.1 Å². The van der Waals surface area contributed by atoms with Crippen LogP contribution in [0.2, 0.25) is 0 Å². The zero-order chi connectivity index (χ0) is 24.4. The fourth-order valence-electron chi connectivity index (χ4n) is 5.28. The normalized spacial score (nSPS) is 20.3. The highest BCUT2D eigenvalue weighted by molar-refractivity contribution is 6.05. The second-order valence-electron chi connectivity index (χ2n) is 10.1. The van der Waals surface area contributed by atoms with Crippen LogP contribution in [0.4, 0.5) is 5.69 Å². The lowest BCUT2D eigenvalue weighted by molar-refractivity contribution is -0.137. The highest BCUT2D eigenvalue weighted by Gasteiger charge is 2.47. The van der Waals surface area contributed by atoms with Crippen LogP contribution in [-0.2, 0) is 21.5 Å². The lowest BCUT2D eigenvalue weighted by Gasteiger charge is -2.31. The lowest BCUT2D eigenvalue weighted by Crippen LogP contribution is -2.45. The summed E-state index contributed by atoms with van der Waals surface area (Å²) in [5, 5.41) is 18.0. The van der Waals surface area contributed by atoms with Crippen LogP contribution in [0.1, 0.15) is 78.8 Å². The Morgan fingerprint density at radius 2 is 1.91 bits per heavy atom. The summed E-state index contributed by atoms with van der Waals surface area (Å²) in [6, 6.07) is 8.73. The number of Topliss-reactive ketones (excluding diaryl/α,β-unsaturated/α-hetero) is 1. The molecule has 1 aromatic carbocycles. The summed E-state index contributed by atoms with van der Waals surface area (Å²) >= 11 is 0. The molecule has 1 aliphatic carbocycles. The van der Waals surface area contributed by atoms with Crippen LogP contribution in [-0.4, -0.2) is 51.1 Å². The molecular formula is C26H28N4O4. The van der Waals surface area contributed by atoms with E-state index in [2.05, 4.69) is 4.98 Å². The number of ketones is 1. The van der Waals surface area contributed by atoms with Gasteiger partial charge in [-0.05, 0) is 42.7 Å². The number of carbonyl (C=O) groups is 3. The number of anilines is 1. The van der Waals surface area contributed by atoms with Gasteiger partial charge in [-0.2, -0.15) is 0 Å². The molecule has 176 valence electrons. The zero-order valence-corrected chi connectivity index (χ0v) is 19.6. The van der Waals surface area contributed by atoms with Crippen LogP contribution in [0.3, 0.4) is 0 Å². The van der Waals surface area contributed by atoms with Crippen LogP contribution in [0, 0.1) is 5.41 Å². The Balaban J connectivity index is 1.39. The van der Waals surface area contributed by atoms with Crippen molar-refractivity contribution in [2.24, 2.45) is 0 Å². The summed E-state index contributed by atoms with van der Waals surface area (Å²) in [5.41, 5.74) is 3.96. The van der Waals surface area contributed by atoms with Gasteiger partial charge in [0.15, 0.2) is 5.78 Å². The predicted molar refractivity (Wildman–Crippen MR) is 126 cm³/mol. The summed E-state index contributed by atoms with van der Waals surface area (Å²) < 4.78 is 0. The first-order valence-corrected chi connectivity index (χ1v) is 11.6. The van der Waals surface area contributed by atoms with Crippen molar-refractivity contribution in [3.05, 3.63) is 58.4 Å². The van der Waals surface area contributed by atoms with Gasteiger partial charge in [-0.3, -0.25) is 19.8 Å². The van der Waals surface area contributed by atoms with Crippen molar-refractivity contribution >= 4 is 29.2 Å². The van der Waals surface area contributed by atoms with Crippen molar-refractivity contribution in [3.63, 3.8) is 0 Å². The fraction of sp³-hybridized carbons (Fsp3) is 0.423. The molecule has 1 atom stereocenters. The topological polar surface area (TPSA) is 115 Å². The van der Waals surface area contributed by atoms with E-state index < -0.39 is 17.4 Å². The van der Waals surface area contributed by atoms with E-state index in [1.807, 2.05) is 26.0 Å². The molecule has 1 aromatic heterocycles. The van der Waals surface area contributed by atoms with Gasteiger partial charge in [0.25, 0.3) is 0 Å². The molecule has 1 saturated carbocycles. The number of amidine groups is 1. The van der Waals surface area contributed by atoms with Crippen molar-refractivity contribution < 1.29 is 19.5 Å². The third-order valence-electron chi connectivity index (χ3n) is 7.36. The number of aromatic nitrogens is 1. The van der Waals surface area contributed by atoms with E-state index in [0.29, 0.717) is 29.4 Å². The van der Waals surface area contributed by atoms with Gasteiger partial charge in [-0.15, -0.1) is 0 Å². The first-order valence-electron chi connectivity index (χ1n) is 11.6. The Bertz CT molecular complexity index is 1250. The van der Waals surface area contributed by atoms with Crippen LogP contribution >= 0.6 is 0 Å². The second-order valence-corrected chi connectivity index (χ2v) is 10.1. The van der Waals surface area contributed by atoms with Crippen molar-refractivity contribution in [1.82, 2.24) is 9.88 Å². The quantitative estimate of drug-likeness (QED) is 0.638. The van der Waals surface area contributed by atoms with Crippen LogP contribution in [0.25, 0.3) is 0 Å². The summed E-state index contributed by atoms with van der Waals surface area (Å²) in [4.78, 5) is 45.1. The van der Waals surface area contributed by atoms with Crippen LogP contribution in [0.5, 0.6) is 0 Å². The number of nitrogens with one attached hydrogen (secondary N) is 1. The lowest BCUT2D eigenvalue weighted by atomic mass is 9.78. The number of pyridine rings is 1. The number of nitrogens with zero attached hydrogens (tertiary/aromatic N) is 3. The van der Waals surface area contributed by atoms with Crippen LogP contribution < -0.4 is 4.90 Å². The van der Waals surface area contributed by atoms with E-state index in [1.165, 1.54) is 11.8 Å². The third kappa shape index (κ3) is 3.57. The first kappa shape index (κ1) is 22.3. The number of hydrogen-bond acceptors (Lipinski definition) is 5. The molecule has 0 bridgehead atoms. The molecule has 1 unspecified atom stereocenters. The molecule has 0 spiro atoms. The molecule has 0 saturated heterocycles. The van der Waals surface area contributed by atoms with Crippen molar-refractivity contribution in [3.8, 4) is 0 Å². The van der Waals surface area contributed by atoms with Gasteiger partial charge in [0, 0.05) is 47.3 Å². The number of carboxylic acid groups (broad SMARTS) is 1. The highest BCUT2D eigenvalue weighted by atomic mass is 16.4. The van der Waals surface area contributed by atoms with Gasteiger partial charge in [-0.1, -0.05) is 19.9 Å². The van der Waals surface area contributed by atoms with Gasteiger partial charge < -0.3 is 14.9 Å². The molecule has 3 heterocycles. The summed E-state index contributed by atoms with van der Waals surface area (Å²) in [6.45, 7) is 5.78. The number of hydrogen-bond donors (Lipinski definition) is 2. The van der Waals surface area contributed by atoms with E-state index >= 15 is 0 Å². The molecule has 2 aromatic rings. The SMILES string of the molecule is CC(=O)N1c2ccc(C(=O)CN3Cc4ccc(C5CC5)nc4C3=N)cc2C(C)(C)C1CC(=O)O. The molecule has 8 heteroatoms. The molecular weight excluding hydrogens is 432 g/mol. The van der Waals surface area contributed by atoms with Gasteiger partial charge >= 0.3 is 5.97 Å². The smallest absolute Gasteiger partial charge is 0.305 e. The maximum atomic E-state index is 13.2. The highest BCUT2D eigenvalue weighted by Crippen LogP contribution is 2.47. The number of carbonyl (C=O) groups excluding carboxylic acids is 2. The number of fused-ring (bicyclic) bond motifs is 2. The molecule has 8 nitrogen and oxygen atoms in total. The minimum absolute atomic E-state index is 0.0577. The molecule has 1 amide bonds.